The Kier molecular flexibility index (Phi) is 7.43. The normalized spacial score (nSPS) is 21.7. The Balaban J connectivity index is 1.49. The molecule has 1 N–H and O–H groups in total. The van der Waals surface area contributed by atoms with Crippen molar-refractivity contribution in [1.82, 2.24) is 0 Å². The van der Waals surface area contributed by atoms with Crippen molar-refractivity contribution in [2.24, 2.45) is 23.7 Å². The molecule has 214 valence electrons. The van der Waals surface area contributed by atoms with Gasteiger partial charge in [-0.1, -0.05) is 27.7 Å². The van der Waals surface area contributed by atoms with Gasteiger partial charge in [-0.3, -0.25) is 9.59 Å². The predicted octanol–water partition coefficient (Wildman–Crippen LogP) is 9.03. The molecule has 0 aliphatic heterocycles. The van der Waals surface area contributed by atoms with E-state index in [1.54, 1.807) is 6.92 Å². The average Bonchev–Trinajstić information content (AvgIpc) is 3.77. The van der Waals surface area contributed by atoms with E-state index in [1.165, 1.54) is 62.5 Å². The van der Waals surface area contributed by atoms with E-state index in [0.717, 1.165) is 28.3 Å². The third-order valence-corrected chi connectivity index (χ3v) is 10.3. The smallest absolute Gasteiger partial charge is 0.298 e. The van der Waals surface area contributed by atoms with Crippen LogP contribution in [0.3, 0.4) is 0 Å². The molecule has 4 aliphatic rings. The molecular formula is C35H45NO4. The number of amides is 1. The third kappa shape index (κ3) is 5.80. The zero-order chi connectivity index (χ0) is 28.1. The minimum absolute atomic E-state index is 0.0194. The Hall–Kier alpha value is -2.82. The van der Waals surface area contributed by atoms with Crippen LogP contribution in [0.4, 0.5) is 5.69 Å². The summed E-state index contributed by atoms with van der Waals surface area (Å²) in [5.41, 5.74) is 5.69. The zero-order valence-corrected chi connectivity index (χ0v) is 24.8. The van der Waals surface area contributed by atoms with Gasteiger partial charge in [0.2, 0.25) is 5.91 Å². The van der Waals surface area contributed by atoms with Crippen LogP contribution < -0.4 is 14.8 Å². The van der Waals surface area contributed by atoms with Crippen LogP contribution in [0.1, 0.15) is 132 Å². The molecule has 4 atom stereocenters. The summed E-state index contributed by atoms with van der Waals surface area (Å²) in [6.45, 7) is 11.3. The highest BCUT2D eigenvalue weighted by Gasteiger charge is 2.38. The molecule has 2 aromatic rings. The maximum Gasteiger partial charge on any atom is 0.298 e. The van der Waals surface area contributed by atoms with Gasteiger partial charge in [0.25, 0.3) is 6.47 Å². The minimum atomic E-state index is -0.0194. The van der Waals surface area contributed by atoms with Crippen molar-refractivity contribution in [3.8, 4) is 17.2 Å². The number of carbonyl (C=O) groups is 2. The van der Waals surface area contributed by atoms with Gasteiger partial charge >= 0.3 is 0 Å². The van der Waals surface area contributed by atoms with Crippen LogP contribution in [0.2, 0.25) is 0 Å². The molecule has 2 aromatic carbocycles. The SMILES string of the molecule is CC(=O)Nc1c([C@H](C)C2CC2)cc(Oc2c([C@H](C)C3CC3)cc(OC=O)cc2[C@H](C)C2CC2)cc1[C@H](C)C1CC1. The van der Waals surface area contributed by atoms with Crippen molar-refractivity contribution in [2.75, 3.05) is 5.32 Å². The summed E-state index contributed by atoms with van der Waals surface area (Å²) in [5, 5.41) is 3.24. The van der Waals surface area contributed by atoms with E-state index in [1.807, 2.05) is 12.1 Å². The number of nitrogens with one attached hydrogen (secondary N) is 1. The number of carbonyl (C=O) groups excluding carboxylic acids is 2. The molecule has 40 heavy (non-hydrogen) atoms. The average molecular weight is 544 g/mol. The van der Waals surface area contributed by atoms with Crippen molar-refractivity contribution in [2.45, 2.75) is 110 Å². The lowest BCUT2D eigenvalue weighted by Crippen LogP contribution is -2.15. The minimum Gasteiger partial charge on any atom is -0.457 e. The fraction of sp³-hybridized carbons (Fsp3) is 0.600. The van der Waals surface area contributed by atoms with Gasteiger partial charge < -0.3 is 14.8 Å². The fourth-order valence-electron chi connectivity index (χ4n) is 6.84. The number of ether oxygens (including phenoxy) is 2. The summed E-state index contributed by atoms with van der Waals surface area (Å²) in [6.07, 6.45) is 9.86. The van der Waals surface area contributed by atoms with Gasteiger partial charge in [0.15, 0.2) is 0 Å². The molecule has 0 heterocycles. The van der Waals surface area contributed by atoms with Crippen LogP contribution in [-0.2, 0) is 9.59 Å². The standard InChI is InChI=1S/C35H45NO4/c1-19(24-6-7-24)30-16-29(17-31(20(2)25-8-9-25)34(30)36-23(5)38)40-35-32(21(3)26-10-11-26)14-28(39-18-37)15-33(35)22(4)27-12-13-27/h14-22,24-27H,6-13H2,1-5H3,(H,36,38)/t19-,20-,21-,22-/m1/s1. The molecule has 0 saturated heterocycles. The monoisotopic (exact) mass is 543 g/mol. The van der Waals surface area contributed by atoms with E-state index in [9.17, 15) is 9.59 Å². The van der Waals surface area contributed by atoms with E-state index >= 15 is 0 Å². The second-order valence-corrected chi connectivity index (χ2v) is 13.4. The van der Waals surface area contributed by atoms with Crippen molar-refractivity contribution >= 4 is 18.1 Å². The lowest BCUT2D eigenvalue weighted by Gasteiger charge is -2.27. The second-order valence-electron chi connectivity index (χ2n) is 13.4. The van der Waals surface area contributed by atoms with Gasteiger partial charge in [0.1, 0.15) is 17.2 Å². The molecule has 1 amide bonds. The lowest BCUT2D eigenvalue weighted by molar-refractivity contribution is -0.120. The molecule has 5 heteroatoms. The van der Waals surface area contributed by atoms with E-state index < -0.39 is 0 Å². The second kappa shape index (κ2) is 10.9. The molecule has 0 radical (unpaired) electrons. The fourth-order valence-corrected chi connectivity index (χ4v) is 6.84. The summed E-state index contributed by atoms with van der Waals surface area (Å²) in [5.74, 6) is 6.33. The van der Waals surface area contributed by atoms with E-state index in [-0.39, 0.29) is 5.91 Å². The van der Waals surface area contributed by atoms with Gasteiger partial charge in [-0.15, -0.1) is 0 Å². The van der Waals surface area contributed by atoms with Crippen LogP contribution in [0.5, 0.6) is 17.2 Å². The van der Waals surface area contributed by atoms with E-state index in [0.29, 0.717) is 59.6 Å². The van der Waals surface area contributed by atoms with Crippen LogP contribution in [0.15, 0.2) is 24.3 Å². The number of hydrogen-bond acceptors (Lipinski definition) is 4. The number of anilines is 1. The van der Waals surface area contributed by atoms with Gasteiger partial charge in [-0.25, -0.2) is 0 Å². The highest BCUT2D eigenvalue weighted by molar-refractivity contribution is 5.91. The highest BCUT2D eigenvalue weighted by atomic mass is 16.5. The molecule has 5 nitrogen and oxygen atoms in total. The summed E-state index contributed by atoms with van der Waals surface area (Å²) in [6, 6.07) is 8.46. The topological polar surface area (TPSA) is 64.6 Å². The Bertz CT molecular complexity index is 1210. The van der Waals surface area contributed by atoms with Crippen molar-refractivity contribution in [3.05, 3.63) is 46.5 Å². The molecule has 0 unspecified atom stereocenters. The molecule has 4 aliphatic carbocycles. The Labute approximate surface area is 239 Å². The quantitative estimate of drug-likeness (QED) is 0.256. The van der Waals surface area contributed by atoms with Crippen molar-refractivity contribution < 1.29 is 19.1 Å². The number of hydrogen-bond donors (Lipinski definition) is 1. The maximum absolute atomic E-state index is 12.4. The van der Waals surface area contributed by atoms with Crippen LogP contribution >= 0.6 is 0 Å². The van der Waals surface area contributed by atoms with Crippen LogP contribution in [-0.4, -0.2) is 12.4 Å². The highest BCUT2D eigenvalue weighted by Crippen LogP contribution is 2.54. The lowest BCUT2D eigenvalue weighted by atomic mass is 9.86. The molecule has 4 fully saturated rings. The van der Waals surface area contributed by atoms with Crippen molar-refractivity contribution in [3.63, 3.8) is 0 Å². The first-order valence-corrected chi connectivity index (χ1v) is 15.7. The largest absolute Gasteiger partial charge is 0.457 e. The van der Waals surface area contributed by atoms with Gasteiger partial charge in [0, 0.05) is 23.7 Å². The molecular weight excluding hydrogens is 498 g/mol. The number of rotatable bonds is 13. The zero-order valence-electron chi connectivity index (χ0n) is 24.8. The maximum atomic E-state index is 12.4. The first-order valence-electron chi connectivity index (χ1n) is 15.7. The molecule has 0 bridgehead atoms. The molecule has 0 spiro atoms. The number of benzene rings is 2. The predicted molar refractivity (Wildman–Crippen MR) is 159 cm³/mol. The molecule has 0 aromatic heterocycles. The molecule has 6 rings (SSSR count). The summed E-state index contributed by atoms with van der Waals surface area (Å²) in [7, 11) is 0. The van der Waals surface area contributed by atoms with Gasteiger partial charge in [-0.2, -0.15) is 0 Å². The molecule has 4 saturated carbocycles. The van der Waals surface area contributed by atoms with Crippen molar-refractivity contribution in [1.29, 1.82) is 0 Å². The third-order valence-electron chi connectivity index (χ3n) is 10.3. The van der Waals surface area contributed by atoms with Crippen LogP contribution in [0, 0.1) is 23.7 Å². The van der Waals surface area contributed by atoms with Crippen LogP contribution in [0.25, 0.3) is 0 Å². The first-order chi connectivity index (χ1) is 19.2. The Morgan fingerprint density at radius 2 is 1.07 bits per heavy atom. The first kappa shape index (κ1) is 27.4. The summed E-state index contributed by atoms with van der Waals surface area (Å²) in [4.78, 5) is 23.7. The van der Waals surface area contributed by atoms with Gasteiger partial charge in [0.05, 0.1) is 0 Å². The summed E-state index contributed by atoms with van der Waals surface area (Å²) < 4.78 is 12.5. The Morgan fingerprint density at radius 3 is 1.43 bits per heavy atom. The van der Waals surface area contributed by atoms with Gasteiger partial charge in [-0.05, 0) is 134 Å². The summed E-state index contributed by atoms with van der Waals surface area (Å²) >= 11 is 0. The van der Waals surface area contributed by atoms with E-state index in [4.69, 9.17) is 9.47 Å². The Morgan fingerprint density at radius 1 is 0.700 bits per heavy atom. The van der Waals surface area contributed by atoms with E-state index in [2.05, 4.69) is 45.1 Å².